The molecule has 1 aromatic carbocycles. The highest BCUT2D eigenvalue weighted by molar-refractivity contribution is 5.87. The van der Waals surface area contributed by atoms with Crippen LogP contribution in [0.5, 0.6) is 5.75 Å². The third kappa shape index (κ3) is 2.85. The van der Waals surface area contributed by atoms with Gasteiger partial charge < -0.3 is 14.9 Å². The number of nitrogens with zero attached hydrogens (tertiary/aromatic N) is 1. The molecule has 5 heteroatoms. The van der Waals surface area contributed by atoms with Gasteiger partial charge in [-0.2, -0.15) is 0 Å². The molecule has 0 aliphatic rings. The summed E-state index contributed by atoms with van der Waals surface area (Å²) >= 11 is 0. The van der Waals surface area contributed by atoms with Gasteiger partial charge in [-0.15, -0.1) is 0 Å². The first-order chi connectivity index (χ1) is 11.7. The summed E-state index contributed by atoms with van der Waals surface area (Å²) in [4.78, 5) is 17.2. The number of fused-ring (bicyclic) bond motifs is 1. The minimum absolute atomic E-state index is 0.0644. The van der Waals surface area contributed by atoms with Crippen molar-refractivity contribution < 1.29 is 9.15 Å². The van der Waals surface area contributed by atoms with Gasteiger partial charge in [-0.25, -0.2) is 0 Å². The Morgan fingerprint density at radius 1 is 1.29 bits per heavy atom. The van der Waals surface area contributed by atoms with Gasteiger partial charge in [-0.05, 0) is 36.6 Å². The molecule has 124 valence electrons. The average Bonchev–Trinajstić information content (AvgIpc) is 2.60. The van der Waals surface area contributed by atoms with Gasteiger partial charge in [-0.1, -0.05) is 19.4 Å². The summed E-state index contributed by atoms with van der Waals surface area (Å²) in [6, 6.07) is 8.93. The van der Waals surface area contributed by atoms with E-state index < -0.39 is 0 Å². The lowest BCUT2D eigenvalue weighted by atomic mass is 10.0. The smallest absolute Gasteiger partial charge is 0.204 e. The molecule has 0 spiro atoms. The van der Waals surface area contributed by atoms with Gasteiger partial charge in [0.2, 0.25) is 11.3 Å². The summed E-state index contributed by atoms with van der Waals surface area (Å²) in [5, 5.41) is 0.497. The van der Waals surface area contributed by atoms with Crippen molar-refractivity contribution in [1.29, 1.82) is 0 Å². The van der Waals surface area contributed by atoms with E-state index in [-0.39, 0.29) is 11.3 Å². The molecule has 2 heterocycles. The van der Waals surface area contributed by atoms with Crippen molar-refractivity contribution in [2.75, 3.05) is 12.8 Å². The predicted octanol–water partition coefficient (Wildman–Crippen LogP) is 3.79. The van der Waals surface area contributed by atoms with Crippen LogP contribution in [0.1, 0.15) is 25.3 Å². The Bertz CT molecular complexity index is 917. The van der Waals surface area contributed by atoms with E-state index in [1.807, 2.05) is 12.1 Å². The van der Waals surface area contributed by atoms with Crippen molar-refractivity contribution in [3.63, 3.8) is 0 Å². The second-order valence-corrected chi connectivity index (χ2v) is 5.65. The first kappa shape index (κ1) is 16.1. The van der Waals surface area contributed by atoms with Crippen LogP contribution < -0.4 is 15.9 Å². The standard InChI is InChI=1S/C19H20N2O3/c1-3-4-7-12-10-13-16(11-15(12)23-2)24-19(20)17(18(13)22)14-8-5-6-9-21-14/h5-6,8-11H,3-4,7,20H2,1-2H3. The number of hydrogen-bond acceptors (Lipinski definition) is 5. The van der Waals surface area contributed by atoms with Crippen LogP contribution in [-0.4, -0.2) is 12.1 Å². The molecular weight excluding hydrogens is 304 g/mol. The van der Waals surface area contributed by atoms with E-state index in [1.165, 1.54) is 0 Å². The molecule has 0 saturated heterocycles. The van der Waals surface area contributed by atoms with Gasteiger partial charge in [0.1, 0.15) is 16.9 Å². The molecule has 5 nitrogen and oxygen atoms in total. The summed E-state index contributed by atoms with van der Waals surface area (Å²) in [5.41, 5.74) is 8.04. The zero-order valence-corrected chi connectivity index (χ0v) is 13.8. The Labute approximate surface area is 140 Å². The maximum Gasteiger partial charge on any atom is 0.204 e. The molecule has 0 bridgehead atoms. The molecule has 0 radical (unpaired) electrons. The summed E-state index contributed by atoms with van der Waals surface area (Å²) in [5.74, 6) is 0.777. The maximum absolute atomic E-state index is 13.0. The highest BCUT2D eigenvalue weighted by Crippen LogP contribution is 2.30. The largest absolute Gasteiger partial charge is 0.496 e. The molecule has 0 fully saturated rings. The molecule has 3 rings (SSSR count). The molecule has 24 heavy (non-hydrogen) atoms. The van der Waals surface area contributed by atoms with Crippen molar-refractivity contribution in [1.82, 2.24) is 4.98 Å². The molecule has 3 aromatic rings. The van der Waals surface area contributed by atoms with Crippen molar-refractivity contribution in [2.24, 2.45) is 0 Å². The van der Waals surface area contributed by atoms with Crippen LogP contribution >= 0.6 is 0 Å². The lowest BCUT2D eigenvalue weighted by Crippen LogP contribution is -2.10. The van der Waals surface area contributed by atoms with E-state index in [0.717, 1.165) is 24.8 Å². The highest BCUT2D eigenvalue weighted by atomic mass is 16.5. The number of ether oxygens (including phenoxy) is 1. The lowest BCUT2D eigenvalue weighted by Gasteiger charge is -2.11. The quantitative estimate of drug-likeness (QED) is 0.772. The molecule has 0 atom stereocenters. The Morgan fingerprint density at radius 3 is 2.79 bits per heavy atom. The van der Waals surface area contributed by atoms with Crippen LogP contribution in [-0.2, 0) is 6.42 Å². The van der Waals surface area contributed by atoms with E-state index in [0.29, 0.717) is 28.0 Å². The third-order valence-corrected chi connectivity index (χ3v) is 4.04. The normalized spacial score (nSPS) is 10.9. The molecule has 0 amide bonds. The number of benzene rings is 1. The fourth-order valence-electron chi connectivity index (χ4n) is 2.79. The van der Waals surface area contributed by atoms with Gasteiger partial charge in [0.25, 0.3) is 0 Å². The number of aromatic nitrogens is 1. The summed E-state index contributed by atoms with van der Waals surface area (Å²) < 4.78 is 11.1. The highest BCUT2D eigenvalue weighted by Gasteiger charge is 2.17. The maximum atomic E-state index is 13.0. The van der Waals surface area contributed by atoms with Crippen LogP contribution in [0.3, 0.4) is 0 Å². The van der Waals surface area contributed by atoms with E-state index >= 15 is 0 Å². The second kappa shape index (κ2) is 6.74. The van der Waals surface area contributed by atoms with Crippen LogP contribution in [0, 0.1) is 0 Å². The lowest BCUT2D eigenvalue weighted by molar-refractivity contribution is 0.408. The Balaban J connectivity index is 2.25. The number of hydrogen-bond donors (Lipinski definition) is 1. The predicted molar refractivity (Wildman–Crippen MR) is 95.3 cm³/mol. The Morgan fingerprint density at radius 2 is 2.12 bits per heavy atom. The van der Waals surface area contributed by atoms with Crippen LogP contribution in [0.2, 0.25) is 0 Å². The average molecular weight is 324 g/mol. The molecule has 2 aromatic heterocycles. The summed E-state index contributed by atoms with van der Waals surface area (Å²) in [6.07, 6.45) is 4.56. The number of unbranched alkanes of at least 4 members (excludes halogenated alkanes) is 1. The van der Waals surface area contributed by atoms with Gasteiger partial charge in [0, 0.05) is 12.3 Å². The number of rotatable bonds is 5. The number of nitrogens with two attached hydrogens (primary N) is 1. The van der Waals surface area contributed by atoms with E-state index in [2.05, 4.69) is 11.9 Å². The zero-order valence-electron chi connectivity index (χ0n) is 13.8. The molecular formula is C19H20N2O3. The first-order valence-corrected chi connectivity index (χ1v) is 8.00. The minimum atomic E-state index is -0.173. The van der Waals surface area contributed by atoms with E-state index in [1.54, 1.807) is 31.5 Å². The summed E-state index contributed by atoms with van der Waals surface area (Å²) in [6.45, 7) is 2.13. The fraction of sp³-hybridized carbons (Fsp3) is 0.263. The van der Waals surface area contributed by atoms with Crippen LogP contribution in [0.4, 0.5) is 5.88 Å². The van der Waals surface area contributed by atoms with Crippen LogP contribution in [0.25, 0.3) is 22.2 Å². The van der Waals surface area contributed by atoms with Crippen molar-refractivity contribution in [3.8, 4) is 17.0 Å². The molecule has 0 saturated carbocycles. The third-order valence-electron chi connectivity index (χ3n) is 4.04. The minimum Gasteiger partial charge on any atom is -0.496 e. The van der Waals surface area contributed by atoms with Crippen LogP contribution in [0.15, 0.2) is 45.7 Å². The van der Waals surface area contributed by atoms with Gasteiger partial charge in [0.15, 0.2) is 0 Å². The second-order valence-electron chi connectivity index (χ2n) is 5.65. The number of anilines is 1. The van der Waals surface area contributed by atoms with E-state index in [4.69, 9.17) is 14.9 Å². The SMILES string of the molecule is CCCCc1cc2c(=O)c(-c3ccccn3)c(N)oc2cc1OC. The zero-order chi connectivity index (χ0) is 17.1. The van der Waals surface area contributed by atoms with Gasteiger partial charge >= 0.3 is 0 Å². The molecule has 0 aliphatic heterocycles. The molecule has 0 unspecified atom stereocenters. The van der Waals surface area contributed by atoms with Gasteiger partial charge in [0.05, 0.1) is 18.2 Å². The number of aryl methyl sites for hydroxylation is 1. The molecule has 2 N–H and O–H groups in total. The van der Waals surface area contributed by atoms with E-state index in [9.17, 15) is 4.79 Å². The summed E-state index contributed by atoms with van der Waals surface area (Å²) in [7, 11) is 1.61. The number of nitrogen functional groups attached to an aromatic ring is 1. The first-order valence-electron chi connectivity index (χ1n) is 8.00. The fourth-order valence-corrected chi connectivity index (χ4v) is 2.79. The van der Waals surface area contributed by atoms with Crippen molar-refractivity contribution in [2.45, 2.75) is 26.2 Å². The van der Waals surface area contributed by atoms with Gasteiger partial charge in [-0.3, -0.25) is 9.78 Å². The Kier molecular flexibility index (Phi) is 4.51. The molecule has 0 aliphatic carbocycles. The number of methoxy groups -OCH3 is 1. The number of pyridine rings is 1. The Hall–Kier alpha value is -2.82. The van der Waals surface area contributed by atoms with Crippen molar-refractivity contribution in [3.05, 3.63) is 52.3 Å². The van der Waals surface area contributed by atoms with Crippen molar-refractivity contribution >= 4 is 16.9 Å². The topological polar surface area (TPSA) is 78.4 Å². The monoisotopic (exact) mass is 324 g/mol.